The number of hydrogen-bond donors (Lipinski definition) is 0. The Kier molecular flexibility index (Phi) is 3.38. The van der Waals surface area contributed by atoms with Crippen LogP contribution < -0.4 is 0 Å². The summed E-state index contributed by atoms with van der Waals surface area (Å²) in [4.78, 5) is 0. The fraction of sp³-hybridized carbons (Fsp3) is 0.200. The maximum absolute atomic E-state index is 5.73. The Morgan fingerprint density at radius 1 is 1.27 bits per heavy atom. The second-order valence-electron chi connectivity index (χ2n) is 3.14. The van der Waals surface area contributed by atoms with Crippen LogP contribution >= 0.6 is 27.5 Å². The number of aromatic nitrogens is 3. The zero-order valence-corrected chi connectivity index (χ0v) is 10.2. The van der Waals surface area contributed by atoms with Crippen molar-refractivity contribution in [1.29, 1.82) is 0 Å². The van der Waals surface area contributed by atoms with E-state index in [1.54, 1.807) is 6.33 Å². The predicted molar refractivity (Wildman–Crippen MR) is 62.8 cm³/mol. The Labute approximate surface area is 101 Å². The molecule has 0 saturated carbocycles. The largest absolute Gasteiger partial charge is 0.312 e. The summed E-state index contributed by atoms with van der Waals surface area (Å²) in [5.74, 6) is 1.18. The first-order valence-electron chi connectivity index (χ1n) is 4.46. The molecule has 0 aliphatic heterocycles. The number of alkyl halides is 1. The summed E-state index contributed by atoms with van der Waals surface area (Å²) < 4.78 is 3.02. The number of benzene rings is 1. The van der Waals surface area contributed by atoms with Crippen molar-refractivity contribution in [2.75, 3.05) is 0 Å². The van der Waals surface area contributed by atoms with E-state index in [1.807, 2.05) is 16.7 Å². The van der Waals surface area contributed by atoms with Gasteiger partial charge in [0.05, 0.1) is 12.4 Å². The van der Waals surface area contributed by atoms with Crippen LogP contribution in [0.25, 0.3) is 0 Å². The molecular weight excluding hydrogens is 277 g/mol. The number of halogens is 2. The Hall–Kier alpha value is -0.870. The molecule has 0 atom stereocenters. The molecule has 2 rings (SSSR count). The maximum Gasteiger partial charge on any atom is 0.148 e. The van der Waals surface area contributed by atoms with Gasteiger partial charge in [-0.15, -0.1) is 21.8 Å². The Bertz CT molecular complexity index is 438. The van der Waals surface area contributed by atoms with Crippen molar-refractivity contribution in [1.82, 2.24) is 14.8 Å². The SMILES string of the molecule is ClCc1nncn1Cc1ccc(Br)cc1. The van der Waals surface area contributed by atoms with Gasteiger partial charge in [-0.25, -0.2) is 0 Å². The summed E-state index contributed by atoms with van der Waals surface area (Å²) in [6.45, 7) is 0.752. The third-order valence-electron chi connectivity index (χ3n) is 2.08. The molecule has 1 heterocycles. The van der Waals surface area contributed by atoms with Crippen molar-refractivity contribution in [3.05, 3.63) is 46.5 Å². The lowest BCUT2D eigenvalue weighted by atomic mass is 10.2. The lowest BCUT2D eigenvalue weighted by Crippen LogP contribution is -2.02. The molecule has 5 heteroatoms. The highest BCUT2D eigenvalue weighted by Crippen LogP contribution is 2.12. The quantitative estimate of drug-likeness (QED) is 0.812. The van der Waals surface area contributed by atoms with Crippen molar-refractivity contribution in [3.8, 4) is 0 Å². The molecule has 3 nitrogen and oxygen atoms in total. The molecule has 1 aromatic carbocycles. The summed E-state index contributed by atoms with van der Waals surface area (Å²) in [5, 5.41) is 7.75. The van der Waals surface area contributed by atoms with Gasteiger partial charge in [0.1, 0.15) is 12.2 Å². The smallest absolute Gasteiger partial charge is 0.148 e. The van der Waals surface area contributed by atoms with Crippen LogP contribution in [0.3, 0.4) is 0 Å². The highest BCUT2D eigenvalue weighted by molar-refractivity contribution is 9.10. The fourth-order valence-electron chi connectivity index (χ4n) is 1.30. The molecule has 0 unspecified atom stereocenters. The summed E-state index contributed by atoms with van der Waals surface area (Å²) in [6, 6.07) is 8.14. The van der Waals surface area contributed by atoms with Gasteiger partial charge in [-0.2, -0.15) is 0 Å². The Balaban J connectivity index is 2.18. The van der Waals surface area contributed by atoms with E-state index in [-0.39, 0.29) is 0 Å². The molecule has 0 saturated heterocycles. The van der Waals surface area contributed by atoms with Crippen LogP contribution in [0.2, 0.25) is 0 Å². The molecule has 0 bridgehead atoms. The van der Waals surface area contributed by atoms with E-state index in [0.717, 1.165) is 16.8 Å². The van der Waals surface area contributed by atoms with E-state index in [0.29, 0.717) is 5.88 Å². The van der Waals surface area contributed by atoms with Crippen molar-refractivity contribution < 1.29 is 0 Å². The molecule has 2 aromatic rings. The van der Waals surface area contributed by atoms with Crippen molar-refractivity contribution >= 4 is 27.5 Å². The second-order valence-corrected chi connectivity index (χ2v) is 4.32. The molecule has 0 amide bonds. The van der Waals surface area contributed by atoms with Crippen molar-refractivity contribution in [2.24, 2.45) is 0 Å². The first-order chi connectivity index (χ1) is 7.29. The van der Waals surface area contributed by atoms with Gasteiger partial charge in [0.25, 0.3) is 0 Å². The van der Waals surface area contributed by atoms with Crippen LogP contribution in [-0.2, 0) is 12.4 Å². The maximum atomic E-state index is 5.73. The van der Waals surface area contributed by atoms with Gasteiger partial charge in [-0.1, -0.05) is 28.1 Å². The van der Waals surface area contributed by atoms with Gasteiger partial charge in [0.15, 0.2) is 0 Å². The zero-order valence-electron chi connectivity index (χ0n) is 7.90. The second kappa shape index (κ2) is 4.77. The minimum absolute atomic E-state index is 0.385. The van der Waals surface area contributed by atoms with Crippen LogP contribution in [-0.4, -0.2) is 14.8 Å². The Morgan fingerprint density at radius 2 is 2.00 bits per heavy atom. The third-order valence-corrected chi connectivity index (χ3v) is 2.85. The Morgan fingerprint density at radius 3 is 2.67 bits per heavy atom. The van der Waals surface area contributed by atoms with E-state index < -0.39 is 0 Å². The highest BCUT2D eigenvalue weighted by atomic mass is 79.9. The van der Waals surface area contributed by atoms with Gasteiger partial charge in [0.2, 0.25) is 0 Å². The fourth-order valence-corrected chi connectivity index (χ4v) is 1.77. The number of rotatable bonds is 3. The van der Waals surface area contributed by atoms with Crippen LogP contribution in [0.4, 0.5) is 0 Å². The van der Waals surface area contributed by atoms with E-state index in [9.17, 15) is 0 Å². The third kappa shape index (κ3) is 2.58. The highest BCUT2D eigenvalue weighted by Gasteiger charge is 2.02. The molecule has 0 N–H and O–H groups in total. The molecular formula is C10H9BrClN3. The summed E-state index contributed by atoms with van der Waals surface area (Å²) in [5.41, 5.74) is 1.20. The van der Waals surface area contributed by atoms with E-state index in [1.165, 1.54) is 5.56 Å². The minimum Gasteiger partial charge on any atom is -0.312 e. The molecule has 0 radical (unpaired) electrons. The van der Waals surface area contributed by atoms with E-state index >= 15 is 0 Å². The van der Waals surface area contributed by atoms with E-state index in [2.05, 4.69) is 38.3 Å². The molecule has 78 valence electrons. The molecule has 0 spiro atoms. The number of nitrogens with zero attached hydrogens (tertiary/aromatic N) is 3. The summed E-state index contributed by atoms with van der Waals surface area (Å²) >= 11 is 9.13. The first-order valence-corrected chi connectivity index (χ1v) is 5.79. The standard InChI is InChI=1S/C10H9BrClN3/c11-9-3-1-8(2-4-9)6-15-7-13-14-10(15)5-12/h1-4,7H,5-6H2. The van der Waals surface area contributed by atoms with Gasteiger partial charge in [-0.05, 0) is 17.7 Å². The van der Waals surface area contributed by atoms with E-state index in [4.69, 9.17) is 11.6 Å². The van der Waals surface area contributed by atoms with Crippen LogP contribution in [0.15, 0.2) is 35.1 Å². The number of hydrogen-bond acceptors (Lipinski definition) is 2. The topological polar surface area (TPSA) is 30.7 Å². The van der Waals surface area contributed by atoms with Crippen molar-refractivity contribution in [2.45, 2.75) is 12.4 Å². The minimum atomic E-state index is 0.385. The predicted octanol–water partition coefficient (Wildman–Crippen LogP) is 2.83. The van der Waals surface area contributed by atoms with Gasteiger partial charge in [0, 0.05) is 4.47 Å². The molecule has 0 aliphatic carbocycles. The first kappa shape index (κ1) is 10.6. The van der Waals surface area contributed by atoms with Crippen LogP contribution in [0.1, 0.15) is 11.4 Å². The monoisotopic (exact) mass is 285 g/mol. The molecule has 0 aliphatic rings. The van der Waals surface area contributed by atoms with Gasteiger partial charge in [-0.3, -0.25) is 0 Å². The lowest BCUT2D eigenvalue weighted by Gasteiger charge is -2.04. The zero-order chi connectivity index (χ0) is 10.7. The van der Waals surface area contributed by atoms with Gasteiger partial charge < -0.3 is 4.57 Å². The van der Waals surface area contributed by atoms with Crippen LogP contribution in [0.5, 0.6) is 0 Å². The normalized spacial score (nSPS) is 10.5. The molecule has 1 aromatic heterocycles. The lowest BCUT2D eigenvalue weighted by molar-refractivity contribution is 0.754. The van der Waals surface area contributed by atoms with Crippen molar-refractivity contribution in [3.63, 3.8) is 0 Å². The average Bonchev–Trinajstić information content (AvgIpc) is 2.69. The molecule has 0 fully saturated rings. The van der Waals surface area contributed by atoms with Crippen LogP contribution in [0, 0.1) is 0 Å². The van der Waals surface area contributed by atoms with Gasteiger partial charge >= 0.3 is 0 Å². The average molecular weight is 287 g/mol. The summed E-state index contributed by atoms with van der Waals surface area (Å²) in [6.07, 6.45) is 1.69. The summed E-state index contributed by atoms with van der Waals surface area (Å²) in [7, 11) is 0. The molecule has 15 heavy (non-hydrogen) atoms.